The Balaban J connectivity index is 1.43. The predicted molar refractivity (Wildman–Crippen MR) is 126 cm³/mol. The zero-order chi connectivity index (χ0) is 24.1. The number of rotatable bonds is 6. The summed E-state index contributed by atoms with van der Waals surface area (Å²) in [5.74, 6) is -0.134. The third kappa shape index (κ3) is 5.51. The molecule has 1 saturated heterocycles. The van der Waals surface area contributed by atoms with Crippen LogP contribution in [0.4, 0.5) is 11.4 Å². The number of nitrogens with one attached hydrogen (secondary N) is 1. The quantitative estimate of drug-likeness (QED) is 0.401. The van der Waals surface area contributed by atoms with Gasteiger partial charge in [-0.25, -0.2) is 0 Å². The van der Waals surface area contributed by atoms with Gasteiger partial charge in [-0.2, -0.15) is 0 Å². The van der Waals surface area contributed by atoms with Crippen molar-refractivity contribution in [2.45, 2.75) is 0 Å². The van der Waals surface area contributed by atoms with E-state index < -0.39 is 4.92 Å². The first-order chi connectivity index (χ1) is 16.4. The van der Waals surface area contributed by atoms with Crippen LogP contribution in [0.3, 0.4) is 0 Å². The molecule has 0 bridgehead atoms. The summed E-state index contributed by atoms with van der Waals surface area (Å²) in [6.07, 6.45) is 0. The molecule has 0 aromatic heterocycles. The lowest BCUT2D eigenvalue weighted by atomic mass is 10.1. The van der Waals surface area contributed by atoms with E-state index >= 15 is 0 Å². The number of nitrogens with zero attached hydrogens (tertiary/aromatic N) is 2. The number of nitro groups is 1. The van der Waals surface area contributed by atoms with Crippen LogP contribution in [0.2, 0.25) is 5.02 Å². The van der Waals surface area contributed by atoms with Crippen molar-refractivity contribution >= 4 is 34.8 Å². The SMILES string of the molecule is O=C(Nc1cccc(C(=O)N2CCOCC2)c1)c1ccc(Oc2ccc(Cl)cc2[N+](=O)[O-])cc1. The van der Waals surface area contributed by atoms with E-state index in [0.717, 1.165) is 0 Å². The smallest absolute Gasteiger partial charge is 0.313 e. The Morgan fingerprint density at radius 2 is 1.74 bits per heavy atom. The van der Waals surface area contributed by atoms with Crippen LogP contribution in [0.1, 0.15) is 20.7 Å². The highest BCUT2D eigenvalue weighted by atomic mass is 35.5. The van der Waals surface area contributed by atoms with E-state index in [1.54, 1.807) is 29.2 Å². The third-order valence-electron chi connectivity index (χ3n) is 5.13. The molecule has 10 heteroatoms. The van der Waals surface area contributed by atoms with Gasteiger partial charge in [0.25, 0.3) is 11.8 Å². The standard InChI is InChI=1S/C24H20ClN3O6/c25-18-6-9-22(21(15-18)28(31)32)34-20-7-4-16(5-8-20)23(29)26-19-3-1-2-17(14-19)24(30)27-10-12-33-13-11-27/h1-9,14-15H,10-13H2,(H,26,29). The van der Waals surface area contributed by atoms with Crippen molar-refractivity contribution in [3.05, 3.63) is 93.0 Å². The fourth-order valence-electron chi connectivity index (χ4n) is 3.40. The van der Waals surface area contributed by atoms with Crippen LogP contribution < -0.4 is 10.1 Å². The van der Waals surface area contributed by atoms with Crippen molar-refractivity contribution in [1.82, 2.24) is 4.90 Å². The van der Waals surface area contributed by atoms with Gasteiger partial charge in [0, 0.05) is 41.0 Å². The predicted octanol–water partition coefficient (Wildman–Crippen LogP) is 4.77. The Bertz CT molecular complexity index is 1230. The van der Waals surface area contributed by atoms with Crippen LogP contribution in [0.5, 0.6) is 11.5 Å². The summed E-state index contributed by atoms with van der Waals surface area (Å²) in [6.45, 7) is 2.08. The molecule has 174 valence electrons. The number of amides is 2. The monoisotopic (exact) mass is 481 g/mol. The maximum absolute atomic E-state index is 12.7. The summed E-state index contributed by atoms with van der Waals surface area (Å²) >= 11 is 5.82. The molecule has 2 amide bonds. The van der Waals surface area contributed by atoms with E-state index in [9.17, 15) is 19.7 Å². The number of halogens is 1. The second kappa shape index (κ2) is 10.3. The molecule has 9 nitrogen and oxygen atoms in total. The van der Waals surface area contributed by atoms with Crippen molar-refractivity contribution < 1.29 is 24.0 Å². The molecule has 3 aromatic carbocycles. The molecule has 0 atom stereocenters. The Kier molecular flexibility index (Phi) is 7.05. The lowest BCUT2D eigenvalue weighted by Gasteiger charge is -2.27. The number of hydrogen-bond acceptors (Lipinski definition) is 6. The van der Waals surface area contributed by atoms with Crippen molar-refractivity contribution in [2.75, 3.05) is 31.6 Å². The molecule has 0 radical (unpaired) electrons. The third-order valence-corrected chi connectivity index (χ3v) is 5.36. The van der Waals surface area contributed by atoms with Crippen LogP contribution in [0, 0.1) is 10.1 Å². The molecule has 1 heterocycles. The minimum Gasteiger partial charge on any atom is -0.450 e. The van der Waals surface area contributed by atoms with E-state index in [1.165, 1.54) is 42.5 Å². The molecule has 1 aliphatic rings. The molecule has 0 spiro atoms. The average molecular weight is 482 g/mol. The first kappa shape index (κ1) is 23.2. The summed E-state index contributed by atoms with van der Waals surface area (Å²) in [4.78, 5) is 37.7. The zero-order valence-electron chi connectivity index (χ0n) is 17.9. The molecule has 1 aliphatic heterocycles. The Morgan fingerprint density at radius 1 is 1.00 bits per heavy atom. The van der Waals surface area contributed by atoms with Crippen molar-refractivity contribution in [3.63, 3.8) is 0 Å². The van der Waals surface area contributed by atoms with Gasteiger partial charge in [0.2, 0.25) is 5.75 Å². The van der Waals surface area contributed by atoms with Gasteiger partial charge in [-0.15, -0.1) is 0 Å². The number of carbonyl (C=O) groups excluding carboxylic acids is 2. The highest BCUT2D eigenvalue weighted by Crippen LogP contribution is 2.33. The summed E-state index contributed by atoms with van der Waals surface area (Å²) in [7, 11) is 0. The van der Waals surface area contributed by atoms with Gasteiger partial charge in [0.05, 0.1) is 18.1 Å². The summed E-state index contributed by atoms with van der Waals surface area (Å²) in [5, 5.41) is 14.2. The Morgan fingerprint density at radius 3 is 2.44 bits per heavy atom. The van der Waals surface area contributed by atoms with Crippen LogP contribution in [-0.2, 0) is 4.74 Å². The summed E-state index contributed by atoms with van der Waals surface area (Å²) < 4.78 is 10.9. The molecular weight excluding hydrogens is 462 g/mol. The van der Waals surface area contributed by atoms with Crippen molar-refractivity contribution in [1.29, 1.82) is 0 Å². The van der Waals surface area contributed by atoms with Gasteiger partial charge >= 0.3 is 5.69 Å². The Hall–Kier alpha value is -3.95. The number of benzene rings is 3. The van der Waals surface area contributed by atoms with Gasteiger partial charge in [0.1, 0.15) is 5.75 Å². The molecule has 0 aliphatic carbocycles. The summed E-state index contributed by atoms with van der Waals surface area (Å²) in [6, 6.07) is 17.0. The fraction of sp³-hybridized carbons (Fsp3) is 0.167. The van der Waals surface area contributed by atoms with Gasteiger partial charge in [-0.3, -0.25) is 19.7 Å². The van der Waals surface area contributed by atoms with Crippen LogP contribution in [-0.4, -0.2) is 47.9 Å². The summed E-state index contributed by atoms with van der Waals surface area (Å²) in [5.41, 5.74) is 1.05. The molecule has 0 saturated carbocycles. The molecular formula is C24H20ClN3O6. The molecule has 3 aromatic rings. The maximum Gasteiger partial charge on any atom is 0.313 e. The number of ether oxygens (including phenoxy) is 2. The number of carbonyl (C=O) groups is 2. The van der Waals surface area contributed by atoms with E-state index in [2.05, 4.69) is 5.32 Å². The lowest BCUT2D eigenvalue weighted by Crippen LogP contribution is -2.40. The van der Waals surface area contributed by atoms with E-state index in [1.807, 2.05) is 0 Å². The van der Waals surface area contributed by atoms with Crippen LogP contribution >= 0.6 is 11.6 Å². The van der Waals surface area contributed by atoms with E-state index in [0.29, 0.717) is 48.9 Å². The largest absolute Gasteiger partial charge is 0.450 e. The molecule has 4 rings (SSSR count). The minimum atomic E-state index is -0.582. The van der Waals surface area contributed by atoms with E-state index in [-0.39, 0.29) is 28.3 Å². The normalized spacial score (nSPS) is 13.3. The molecule has 0 unspecified atom stereocenters. The van der Waals surface area contributed by atoms with Gasteiger partial charge in [-0.1, -0.05) is 17.7 Å². The van der Waals surface area contributed by atoms with Gasteiger partial charge in [0.15, 0.2) is 0 Å². The zero-order valence-corrected chi connectivity index (χ0v) is 18.7. The van der Waals surface area contributed by atoms with Gasteiger partial charge < -0.3 is 19.7 Å². The first-order valence-corrected chi connectivity index (χ1v) is 10.8. The Labute approximate surface area is 200 Å². The molecule has 34 heavy (non-hydrogen) atoms. The maximum atomic E-state index is 12.7. The number of nitro benzene ring substituents is 1. The van der Waals surface area contributed by atoms with Crippen LogP contribution in [0.15, 0.2) is 66.7 Å². The number of anilines is 1. The molecule has 1 fully saturated rings. The van der Waals surface area contributed by atoms with Crippen LogP contribution in [0.25, 0.3) is 0 Å². The minimum absolute atomic E-state index is 0.0355. The fourth-order valence-corrected chi connectivity index (χ4v) is 3.57. The second-order valence-corrected chi connectivity index (χ2v) is 7.87. The van der Waals surface area contributed by atoms with Crippen molar-refractivity contribution in [2.24, 2.45) is 0 Å². The van der Waals surface area contributed by atoms with Gasteiger partial charge in [-0.05, 0) is 54.6 Å². The topological polar surface area (TPSA) is 111 Å². The number of hydrogen-bond donors (Lipinski definition) is 1. The highest BCUT2D eigenvalue weighted by Gasteiger charge is 2.19. The average Bonchev–Trinajstić information content (AvgIpc) is 2.85. The molecule has 1 N–H and O–H groups in total. The lowest BCUT2D eigenvalue weighted by molar-refractivity contribution is -0.385. The van der Waals surface area contributed by atoms with Crippen molar-refractivity contribution in [3.8, 4) is 11.5 Å². The number of morpholine rings is 1. The van der Waals surface area contributed by atoms with E-state index in [4.69, 9.17) is 21.1 Å². The highest BCUT2D eigenvalue weighted by molar-refractivity contribution is 6.30. The second-order valence-electron chi connectivity index (χ2n) is 7.44. The first-order valence-electron chi connectivity index (χ1n) is 10.4.